The van der Waals surface area contributed by atoms with E-state index in [4.69, 9.17) is 17.0 Å². The monoisotopic (exact) mass is 347 g/mol. The fraction of sp³-hybridized carbons (Fsp3) is 0.278. The Morgan fingerprint density at radius 1 is 1.21 bits per heavy atom. The highest BCUT2D eigenvalue weighted by Gasteiger charge is 2.15. The molecule has 0 bridgehead atoms. The molecular formula is C18H22FN3OS. The molecule has 0 spiro atoms. The van der Waals surface area contributed by atoms with Crippen LogP contribution in [0.2, 0.25) is 0 Å². The van der Waals surface area contributed by atoms with Crippen molar-refractivity contribution in [2.75, 3.05) is 33.1 Å². The molecule has 0 aromatic heterocycles. The molecule has 0 amide bonds. The Morgan fingerprint density at radius 2 is 1.96 bits per heavy atom. The second kappa shape index (κ2) is 8.61. The zero-order chi connectivity index (χ0) is 17.5. The van der Waals surface area contributed by atoms with Crippen LogP contribution in [-0.2, 0) is 0 Å². The standard InChI is InChI=1S/C18H22FN3OS/c1-22(2)17(13-7-6-8-14(11-13)23-3)12-20-18(24)21-16-10-5-4-9-15(16)19/h4-11,17H,12H2,1-3H3,(H2,20,21,24)/t17-/m1/s1. The Balaban J connectivity index is 2.01. The molecule has 4 nitrogen and oxygen atoms in total. The number of hydrogen-bond acceptors (Lipinski definition) is 3. The Labute approximate surface area is 147 Å². The number of nitrogens with one attached hydrogen (secondary N) is 2. The van der Waals surface area contributed by atoms with Crippen molar-refractivity contribution >= 4 is 23.0 Å². The summed E-state index contributed by atoms with van der Waals surface area (Å²) < 4.78 is 18.9. The minimum Gasteiger partial charge on any atom is -0.497 e. The van der Waals surface area contributed by atoms with Crippen LogP contribution >= 0.6 is 12.2 Å². The van der Waals surface area contributed by atoms with Gasteiger partial charge in [0, 0.05) is 6.54 Å². The molecule has 2 rings (SSSR count). The summed E-state index contributed by atoms with van der Waals surface area (Å²) in [7, 11) is 5.65. The van der Waals surface area contributed by atoms with Gasteiger partial charge in [0.15, 0.2) is 5.11 Å². The number of ether oxygens (including phenoxy) is 1. The quantitative estimate of drug-likeness (QED) is 0.783. The van der Waals surface area contributed by atoms with Crippen molar-refractivity contribution in [3.63, 3.8) is 0 Å². The lowest BCUT2D eigenvalue weighted by Crippen LogP contribution is -2.36. The highest BCUT2D eigenvalue weighted by atomic mass is 32.1. The summed E-state index contributed by atoms with van der Waals surface area (Å²) >= 11 is 5.27. The lowest BCUT2D eigenvalue weighted by atomic mass is 10.1. The maximum absolute atomic E-state index is 13.7. The molecule has 0 aliphatic heterocycles. The van der Waals surface area contributed by atoms with E-state index in [9.17, 15) is 4.39 Å². The van der Waals surface area contributed by atoms with Crippen LogP contribution in [0.4, 0.5) is 10.1 Å². The van der Waals surface area contributed by atoms with Gasteiger partial charge in [-0.05, 0) is 56.1 Å². The summed E-state index contributed by atoms with van der Waals surface area (Å²) in [6, 6.07) is 14.4. The molecule has 0 saturated carbocycles. The molecule has 2 N–H and O–H groups in total. The molecule has 2 aromatic rings. The van der Waals surface area contributed by atoms with E-state index in [0.29, 0.717) is 17.3 Å². The zero-order valence-corrected chi connectivity index (χ0v) is 14.9. The summed E-state index contributed by atoms with van der Waals surface area (Å²) in [4.78, 5) is 2.09. The van der Waals surface area contributed by atoms with Gasteiger partial charge in [-0.15, -0.1) is 0 Å². The summed E-state index contributed by atoms with van der Waals surface area (Å²) in [6.07, 6.45) is 0. The van der Waals surface area contributed by atoms with Gasteiger partial charge in [0.05, 0.1) is 18.8 Å². The van der Waals surface area contributed by atoms with Gasteiger partial charge < -0.3 is 20.3 Å². The Bertz CT molecular complexity index is 693. The van der Waals surface area contributed by atoms with Crippen molar-refractivity contribution in [3.8, 4) is 5.75 Å². The van der Waals surface area contributed by atoms with E-state index < -0.39 is 0 Å². The molecule has 0 aliphatic carbocycles. The summed E-state index contributed by atoms with van der Waals surface area (Å²) in [5.41, 5.74) is 1.47. The van der Waals surface area contributed by atoms with E-state index >= 15 is 0 Å². The van der Waals surface area contributed by atoms with Crippen LogP contribution < -0.4 is 15.4 Å². The van der Waals surface area contributed by atoms with E-state index in [1.54, 1.807) is 25.3 Å². The molecule has 0 unspecified atom stereocenters. The van der Waals surface area contributed by atoms with Crippen molar-refractivity contribution in [1.82, 2.24) is 10.2 Å². The molecule has 24 heavy (non-hydrogen) atoms. The van der Waals surface area contributed by atoms with E-state index in [2.05, 4.69) is 15.5 Å². The number of para-hydroxylation sites is 1. The number of likely N-dealkylation sites (N-methyl/N-ethyl adjacent to an activating group) is 1. The zero-order valence-electron chi connectivity index (χ0n) is 14.0. The summed E-state index contributed by atoms with van der Waals surface area (Å²) in [5.74, 6) is 0.477. The van der Waals surface area contributed by atoms with Gasteiger partial charge in [-0.25, -0.2) is 4.39 Å². The molecule has 0 aliphatic rings. The van der Waals surface area contributed by atoms with Gasteiger partial charge in [-0.2, -0.15) is 0 Å². The Morgan fingerprint density at radius 3 is 2.62 bits per heavy atom. The third-order valence-electron chi connectivity index (χ3n) is 3.68. The van der Waals surface area contributed by atoms with Crippen molar-refractivity contribution in [3.05, 3.63) is 59.9 Å². The molecule has 0 saturated heterocycles. The second-order valence-corrected chi connectivity index (χ2v) is 5.98. The van der Waals surface area contributed by atoms with E-state index in [1.165, 1.54) is 6.07 Å². The van der Waals surface area contributed by atoms with Crippen LogP contribution in [0.5, 0.6) is 5.75 Å². The molecule has 0 fully saturated rings. The topological polar surface area (TPSA) is 36.5 Å². The average molecular weight is 347 g/mol. The first-order valence-electron chi connectivity index (χ1n) is 7.61. The third-order valence-corrected chi connectivity index (χ3v) is 3.93. The van der Waals surface area contributed by atoms with Crippen LogP contribution in [0.25, 0.3) is 0 Å². The smallest absolute Gasteiger partial charge is 0.170 e. The molecule has 6 heteroatoms. The minimum absolute atomic E-state index is 0.0977. The lowest BCUT2D eigenvalue weighted by Gasteiger charge is -2.26. The van der Waals surface area contributed by atoms with E-state index in [-0.39, 0.29) is 11.9 Å². The highest BCUT2D eigenvalue weighted by molar-refractivity contribution is 7.80. The van der Waals surface area contributed by atoms with Crippen molar-refractivity contribution in [1.29, 1.82) is 0 Å². The normalized spacial score (nSPS) is 11.9. The van der Waals surface area contributed by atoms with Gasteiger partial charge in [0.1, 0.15) is 11.6 Å². The third kappa shape index (κ3) is 4.91. The number of thiocarbonyl (C=S) groups is 1. The van der Waals surface area contributed by atoms with Gasteiger partial charge in [-0.1, -0.05) is 24.3 Å². The predicted molar refractivity (Wildman–Crippen MR) is 100 cm³/mol. The van der Waals surface area contributed by atoms with E-state index in [0.717, 1.165) is 11.3 Å². The van der Waals surface area contributed by atoms with Crippen LogP contribution in [0.3, 0.4) is 0 Å². The molecule has 2 aromatic carbocycles. The maximum Gasteiger partial charge on any atom is 0.170 e. The number of halogens is 1. The van der Waals surface area contributed by atoms with Crippen LogP contribution in [0, 0.1) is 5.82 Å². The van der Waals surface area contributed by atoms with Crippen LogP contribution in [0.15, 0.2) is 48.5 Å². The molecule has 128 valence electrons. The SMILES string of the molecule is COc1cccc([C@@H](CNC(=S)Nc2ccccc2F)N(C)C)c1. The van der Waals surface area contributed by atoms with Crippen LogP contribution in [-0.4, -0.2) is 37.8 Å². The number of benzene rings is 2. The Hall–Kier alpha value is -2.18. The number of rotatable bonds is 6. The fourth-order valence-corrected chi connectivity index (χ4v) is 2.56. The molecular weight excluding hydrogens is 325 g/mol. The van der Waals surface area contributed by atoms with Gasteiger partial charge in [-0.3, -0.25) is 0 Å². The average Bonchev–Trinajstić information content (AvgIpc) is 2.57. The van der Waals surface area contributed by atoms with Gasteiger partial charge in [0.25, 0.3) is 0 Å². The second-order valence-electron chi connectivity index (χ2n) is 5.57. The van der Waals surface area contributed by atoms with Crippen molar-refractivity contribution in [2.24, 2.45) is 0 Å². The summed E-state index contributed by atoms with van der Waals surface area (Å²) in [5, 5.41) is 6.41. The first kappa shape index (κ1) is 18.2. The predicted octanol–water partition coefficient (Wildman–Crippen LogP) is 3.42. The number of nitrogens with zero attached hydrogens (tertiary/aromatic N) is 1. The molecule has 1 atom stereocenters. The first-order chi connectivity index (χ1) is 11.5. The summed E-state index contributed by atoms with van der Waals surface area (Å²) in [6.45, 7) is 0.584. The maximum atomic E-state index is 13.7. The minimum atomic E-state index is -0.335. The fourth-order valence-electron chi connectivity index (χ4n) is 2.37. The van der Waals surface area contributed by atoms with Crippen molar-refractivity contribution in [2.45, 2.75) is 6.04 Å². The van der Waals surface area contributed by atoms with Gasteiger partial charge in [0.2, 0.25) is 0 Å². The largest absolute Gasteiger partial charge is 0.497 e. The van der Waals surface area contributed by atoms with E-state index in [1.807, 2.05) is 38.4 Å². The number of hydrogen-bond donors (Lipinski definition) is 2. The van der Waals surface area contributed by atoms with Crippen molar-refractivity contribution < 1.29 is 9.13 Å². The molecule has 0 radical (unpaired) electrons. The number of anilines is 1. The highest BCUT2D eigenvalue weighted by Crippen LogP contribution is 2.22. The Kier molecular flexibility index (Phi) is 6.52. The first-order valence-corrected chi connectivity index (χ1v) is 8.02. The number of methoxy groups -OCH3 is 1. The van der Waals surface area contributed by atoms with Crippen LogP contribution in [0.1, 0.15) is 11.6 Å². The van der Waals surface area contributed by atoms with Gasteiger partial charge >= 0.3 is 0 Å². The molecule has 0 heterocycles. The lowest BCUT2D eigenvalue weighted by molar-refractivity contribution is 0.298.